The fourth-order valence-corrected chi connectivity index (χ4v) is 3.52. The summed E-state index contributed by atoms with van der Waals surface area (Å²) in [5, 5.41) is 12.8. The summed E-state index contributed by atoms with van der Waals surface area (Å²) < 4.78 is 1.13. The maximum absolute atomic E-state index is 6.10. The van der Waals surface area contributed by atoms with Crippen LogP contribution in [-0.4, -0.2) is 17.2 Å². The molecule has 0 atom stereocenters. The van der Waals surface area contributed by atoms with Gasteiger partial charge in [-0.15, -0.1) is 21.5 Å². The molecule has 0 aliphatic rings. The number of hydrogen-bond acceptors (Lipinski definition) is 4. The Bertz CT molecular complexity index is 759. The smallest absolute Gasteiger partial charge is 0.159 e. The highest BCUT2D eigenvalue weighted by Crippen LogP contribution is 2.29. The molecule has 0 unspecified atom stereocenters. The summed E-state index contributed by atoms with van der Waals surface area (Å²) in [4.78, 5) is 2.08. The number of benzene rings is 1. The van der Waals surface area contributed by atoms with Crippen molar-refractivity contribution in [3.8, 4) is 0 Å². The highest BCUT2D eigenvalue weighted by atomic mass is 79.9. The van der Waals surface area contributed by atoms with Crippen molar-refractivity contribution in [3.63, 3.8) is 0 Å². The van der Waals surface area contributed by atoms with Gasteiger partial charge in [-0.2, -0.15) is 0 Å². The van der Waals surface area contributed by atoms with E-state index in [1.54, 1.807) is 11.3 Å². The lowest BCUT2D eigenvalue weighted by molar-refractivity contribution is 0.879. The van der Waals surface area contributed by atoms with Crippen LogP contribution in [0, 0.1) is 0 Å². The van der Waals surface area contributed by atoms with Crippen molar-refractivity contribution in [3.05, 3.63) is 50.2 Å². The largest absolute Gasteiger partial charge is 0.353 e. The first-order chi connectivity index (χ1) is 9.65. The summed E-state index contributed by atoms with van der Waals surface area (Å²) in [6.07, 6.45) is 0. The number of aromatic nitrogens is 2. The number of fused-ring (bicyclic) bond motifs is 1. The van der Waals surface area contributed by atoms with Gasteiger partial charge in [0.2, 0.25) is 0 Å². The minimum atomic E-state index is 0.441. The van der Waals surface area contributed by atoms with E-state index in [9.17, 15) is 0 Å². The lowest BCUT2D eigenvalue weighted by atomic mass is 10.2. The van der Waals surface area contributed by atoms with Gasteiger partial charge < -0.3 is 4.90 Å². The zero-order valence-corrected chi connectivity index (χ0v) is 13.8. The zero-order chi connectivity index (χ0) is 14.1. The van der Waals surface area contributed by atoms with Crippen LogP contribution in [0.2, 0.25) is 5.15 Å². The average molecular weight is 369 g/mol. The van der Waals surface area contributed by atoms with Crippen LogP contribution in [0.3, 0.4) is 0 Å². The van der Waals surface area contributed by atoms with Crippen molar-refractivity contribution < 1.29 is 0 Å². The number of rotatable bonds is 3. The van der Waals surface area contributed by atoms with Crippen molar-refractivity contribution in [1.29, 1.82) is 0 Å². The Hall–Kier alpha value is -1.17. The summed E-state index contributed by atoms with van der Waals surface area (Å²) in [7, 11) is 2.01. The SMILES string of the molecule is CN(Cc1csc(Br)c1)c1nnc(Cl)c2ccccc12. The van der Waals surface area contributed by atoms with Crippen LogP contribution in [0.1, 0.15) is 5.56 Å². The molecule has 0 fully saturated rings. The fourth-order valence-electron chi connectivity index (χ4n) is 2.12. The van der Waals surface area contributed by atoms with Crippen LogP contribution in [0.5, 0.6) is 0 Å². The number of halogens is 2. The van der Waals surface area contributed by atoms with Crippen LogP contribution in [0.25, 0.3) is 10.8 Å². The van der Waals surface area contributed by atoms with E-state index in [1.165, 1.54) is 5.56 Å². The molecule has 2 aromatic heterocycles. The molecule has 0 radical (unpaired) electrons. The molecule has 0 aliphatic carbocycles. The first kappa shape index (κ1) is 13.8. The molecule has 0 spiro atoms. The minimum absolute atomic E-state index is 0.441. The minimum Gasteiger partial charge on any atom is -0.353 e. The lowest BCUT2D eigenvalue weighted by Crippen LogP contribution is -2.18. The van der Waals surface area contributed by atoms with Crippen LogP contribution in [0.4, 0.5) is 5.82 Å². The predicted octanol–water partition coefficient (Wildman–Crippen LogP) is 4.74. The monoisotopic (exact) mass is 367 g/mol. The molecular weight excluding hydrogens is 358 g/mol. The fraction of sp³-hybridized carbons (Fsp3) is 0.143. The molecule has 6 heteroatoms. The van der Waals surface area contributed by atoms with Gasteiger partial charge in [0.25, 0.3) is 0 Å². The van der Waals surface area contributed by atoms with Crippen LogP contribution >= 0.6 is 38.9 Å². The van der Waals surface area contributed by atoms with Crippen molar-refractivity contribution in [2.45, 2.75) is 6.54 Å². The Balaban J connectivity index is 1.99. The quantitative estimate of drug-likeness (QED) is 0.668. The van der Waals surface area contributed by atoms with E-state index < -0.39 is 0 Å². The topological polar surface area (TPSA) is 29.0 Å². The highest BCUT2D eigenvalue weighted by Gasteiger charge is 2.12. The maximum Gasteiger partial charge on any atom is 0.159 e. The van der Waals surface area contributed by atoms with E-state index >= 15 is 0 Å². The van der Waals surface area contributed by atoms with Gasteiger partial charge in [0, 0.05) is 24.4 Å². The molecule has 3 nitrogen and oxygen atoms in total. The van der Waals surface area contributed by atoms with Gasteiger partial charge in [0.1, 0.15) is 0 Å². The molecule has 0 aliphatic heterocycles. The molecule has 3 rings (SSSR count). The standard InChI is InChI=1S/C14H11BrClN3S/c1-19(7-9-6-12(15)20-8-9)14-11-5-3-2-4-10(11)13(16)17-18-14/h2-6,8H,7H2,1H3. The van der Waals surface area contributed by atoms with Gasteiger partial charge >= 0.3 is 0 Å². The van der Waals surface area contributed by atoms with E-state index in [1.807, 2.05) is 31.3 Å². The third-order valence-corrected chi connectivity index (χ3v) is 4.86. The van der Waals surface area contributed by atoms with Crippen molar-refractivity contribution >= 4 is 55.5 Å². The highest BCUT2D eigenvalue weighted by molar-refractivity contribution is 9.11. The second kappa shape index (κ2) is 5.68. The Kier molecular flexibility index (Phi) is 3.92. The second-order valence-electron chi connectivity index (χ2n) is 4.48. The van der Waals surface area contributed by atoms with Crippen molar-refractivity contribution in [2.24, 2.45) is 0 Å². The van der Waals surface area contributed by atoms with Gasteiger partial charge in [0.15, 0.2) is 11.0 Å². The predicted molar refractivity (Wildman–Crippen MR) is 88.7 cm³/mol. The van der Waals surface area contributed by atoms with Gasteiger partial charge in [0.05, 0.1) is 3.79 Å². The molecule has 0 saturated heterocycles. The number of thiophene rings is 1. The summed E-state index contributed by atoms with van der Waals surface area (Å²) in [5.74, 6) is 0.840. The molecule has 0 saturated carbocycles. The van der Waals surface area contributed by atoms with Gasteiger partial charge in [-0.25, -0.2) is 0 Å². The normalized spacial score (nSPS) is 10.9. The van der Waals surface area contributed by atoms with Crippen molar-refractivity contribution in [2.75, 3.05) is 11.9 Å². The summed E-state index contributed by atoms with van der Waals surface area (Å²) in [6.45, 7) is 0.780. The van der Waals surface area contributed by atoms with Crippen LogP contribution in [0.15, 0.2) is 39.5 Å². The van der Waals surface area contributed by atoms with Gasteiger partial charge in [-0.3, -0.25) is 0 Å². The molecule has 20 heavy (non-hydrogen) atoms. The number of anilines is 1. The summed E-state index contributed by atoms with van der Waals surface area (Å²) >= 11 is 11.3. The number of hydrogen-bond donors (Lipinski definition) is 0. The second-order valence-corrected chi connectivity index (χ2v) is 7.12. The molecular formula is C14H11BrClN3S. The third-order valence-electron chi connectivity index (χ3n) is 3.03. The zero-order valence-electron chi connectivity index (χ0n) is 10.7. The van der Waals surface area contributed by atoms with E-state index in [-0.39, 0.29) is 0 Å². The molecule has 0 N–H and O–H groups in total. The molecule has 2 heterocycles. The van der Waals surface area contributed by atoms with Crippen LogP contribution in [-0.2, 0) is 6.54 Å². The van der Waals surface area contributed by atoms with E-state index in [0.29, 0.717) is 5.15 Å². The third kappa shape index (κ3) is 2.66. The number of nitrogens with zero attached hydrogens (tertiary/aromatic N) is 3. The maximum atomic E-state index is 6.10. The summed E-state index contributed by atoms with van der Waals surface area (Å²) in [5.41, 5.74) is 1.24. The molecule has 0 amide bonds. The molecule has 3 aromatic rings. The molecule has 0 bridgehead atoms. The molecule has 1 aromatic carbocycles. The molecule has 102 valence electrons. The first-order valence-corrected chi connectivity index (χ1v) is 8.05. The van der Waals surface area contributed by atoms with Crippen molar-refractivity contribution in [1.82, 2.24) is 10.2 Å². The lowest BCUT2D eigenvalue weighted by Gasteiger charge is -2.18. The summed E-state index contributed by atoms with van der Waals surface area (Å²) in [6, 6.07) is 10.0. The Labute approximate surface area is 134 Å². The average Bonchev–Trinajstić information content (AvgIpc) is 2.84. The van der Waals surface area contributed by atoms with Gasteiger partial charge in [-0.05, 0) is 32.9 Å². The van der Waals surface area contributed by atoms with E-state index in [4.69, 9.17) is 11.6 Å². The Morgan fingerprint density at radius 1 is 1.25 bits per heavy atom. The van der Waals surface area contributed by atoms with E-state index in [0.717, 1.165) is 26.9 Å². The van der Waals surface area contributed by atoms with Crippen LogP contribution < -0.4 is 4.90 Å². The van der Waals surface area contributed by atoms with Gasteiger partial charge in [-0.1, -0.05) is 35.9 Å². The van der Waals surface area contributed by atoms with E-state index in [2.05, 4.69) is 42.5 Å². The Morgan fingerprint density at radius 3 is 2.70 bits per heavy atom. The first-order valence-electron chi connectivity index (χ1n) is 6.00. The Morgan fingerprint density at radius 2 is 2.00 bits per heavy atom.